The predicted molar refractivity (Wildman–Crippen MR) is 52.3 cm³/mol. The van der Waals surface area contributed by atoms with E-state index in [1.807, 2.05) is 0 Å². The first-order valence-corrected chi connectivity index (χ1v) is 5.80. The standard InChI is InChI=1S/C6H11N5O4S/c1-2-15-6(12)11-16(13,14)9-3-5-7-4-8-10-5/h4,9H,2-3H2,1H3,(H,11,12)(H,7,8,10). The number of nitrogens with one attached hydrogen (secondary N) is 3. The van der Waals surface area contributed by atoms with E-state index in [0.29, 0.717) is 5.82 Å². The highest BCUT2D eigenvalue weighted by Gasteiger charge is 2.14. The summed E-state index contributed by atoms with van der Waals surface area (Å²) in [7, 11) is -3.94. The molecule has 1 aromatic heterocycles. The van der Waals surface area contributed by atoms with Gasteiger partial charge in [0.25, 0.3) is 0 Å². The molecule has 0 bridgehead atoms. The van der Waals surface area contributed by atoms with Crippen LogP contribution in [0.5, 0.6) is 0 Å². The smallest absolute Gasteiger partial charge is 0.421 e. The summed E-state index contributed by atoms with van der Waals surface area (Å²) in [6.45, 7) is 1.55. The zero-order chi connectivity index (χ0) is 12.0. The van der Waals surface area contributed by atoms with Crippen LogP contribution in [0.2, 0.25) is 0 Å². The summed E-state index contributed by atoms with van der Waals surface area (Å²) in [6.07, 6.45) is 0.204. The van der Waals surface area contributed by atoms with Gasteiger partial charge in [0.2, 0.25) is 0 Å². The van der Waals surface area contributed by atoms with Crippen LogP contribution < -0.4 is 9.44 Å². The number of amides is 1. The topological polar surface area (TPSA) is 126 Å². The van der Waals surface area contributed by atoms with E-state index in [-0.39, 0.29) is 13.2 Å². The second-order valence-electron chi connectivity index (χ2n) is 2.58. The monoisotopic (exact) mass is 249 g/mol. The van der Waals surface area contributed by atoms with Crippen molar-refractivity contribution < 1.29 is 17.9 Å². The van der Waals surface area contributed by atoms with Crippen LogP contribution in [-0.2, 0) is 21.5 Å². The predicted octanol–water partition coefficient (Wildman–Crippen LogP) is -1.11. The number of nitrogens with zero attached hydrogens (tertiary/aromatic N) is 2. The summed E-state index contributed by atoms with van der Waals surface area (Å²) >= 11 is 0. The molecule has 90 valence electrons. The molecule has 0 aliphatic carbocycles. The van der Waals surface area contributed by atoms with E-state index in [1.165, 1.54) is 6.33 Å². The zero-order valence-electron chi connectivity index (χ0n) is 8.43. The Morgan fingerprint density at radius 2 is 2.38 bits per heavy atom. The third-order valence-corrected chi connectivity index (χ3v) is 2.35. The van der Waals surface area contributed by atoms with E-state index in [1.54, 1.807) is 11.6 Å². The summed E-state index contributed by atoms with van der Waals surface area (Å²) in [5, 5.41) is 5.99. The Hall–Kier alpha value is -1.68. The molecule has 9 nitrogen and oxygen atoms in total. The van der Waals surface area contributed by atoms with Gasteiger partial charge in [-0.3, -0.25) is 5.10 Å². The maximum absolute atomic E-state index is 11.2. The quantitative estimate of drug-likeness (QED) is 0.607. The van der Waals surface area contributed by atoms with Crippen molar-refractivity contribution >= 4 is 16.3 Å². The van der Waals surface area contributed by atoms with Gasteiger partial charge in [0.05, 0.1) is 13.2 Å². The van der Waals surface area contributed by atoms with Crippen LogP contribution in [0.4, 0.5) is 4.79 Å². The lowest BCUT2D eigenvalue weighted by Gasteiger charge is -2.06. The minimum Gasteiger partial charge on any atom is -0.449 e. The Morgan fingerprint density at radius 1 is 1.62 bits per heavy atom. The zero-order valence-corrected chi connectivity index (χ0v) is 9.24. The fourth-order valence-corrected chi connectivity index (χ4v) is 1.46. The van der Waals surface area contributed by atoms with Gasteiger partial charge >= 0.3 is 16.3 Å². The highest BCUT2D eigenvalue weighted by molar-refractivity contribution is 7.88. The van der Waals surface area contributed by atoms with Crippen LogP contribution in [-0.4, -0.2) is 36.3 Å². The van der Waals surface area contributed by atoms with Crippen LogP contribution in [0.1, 0.15) is 12.7 Å². The first-order valence-electron chi connectivity index (χ1n) is 4.32. The normalized spacial score (nSPS) is 11.1. The Kier molecular flexibility index (Phi) is 4.19. The Labute approximate surface area is 91.8 Å². The van der Waals surface area contributed by atoms with Crippen LogP contribution >= 0.6 is 0 Å². The first kappa shape index (κ1) is 12.4. The van der Waals surface area contributed by atoms with Gasteiger partial charge in [-0.05, 0) is 6.92 Å². The Morgan fingerprint density at radius 3 is 2.94 bits per heavy atom. The molecular weight excluding hydrogens is 238 g/mol. The summed E-state index contributed by atoms with van der Waals surface area (Å²) in [5.41, 5.74) is 0. The van der Waals surface area contributed by atoms with Crippen LogP contribution in [0.25, 0.3) is 0 Å². The largest absolute Gasteiger partial charge is 0.449 e. The van der Waals surface area contributed by atoms with Gasteiger partial charge in [0.1, 0.15) is 12.2 Å². The first-order chi connectivity index (χ1) is 7.53. The lowest BCUT2D eigenvalue weighted by molar-refractivity contribution is 0.158. The van der Waals surface area contributed by atoms with Gasteiger partial charge in [-0.2, -0.15) is 18.2 Å². The molecule has 1 aromatic rings. The number of carbonyl (C=O) groups is 1. The highest BCUT2D eigenvalue weighted by atomic mass is 32.2. The SMILES string of the molecule is CCOC(=O)NS(=O)(=O)NCc1ncn[nH]1. The fourth-order valence-electron chi connectivity index (χ4n) is 0.786. The Balaban J connectivity index is 2.43. The second-order valence-corrected chi connectivity index (χ2v) is 4.08. The average Bonchev–Trinajstić information content (AvgIpc) is 2.66. The number of carbonyl (C=O) groups excluding carboxylic acids is 1. The van der Waals surface area contributed by atoms with Crippen molar-refractivity contribution in [3.63, 3.8) is 0 Å². The van der Waals surface area contributed by atoms with E-state index in [4.69, 9.17) is 0 Å². The molecule has 1 heterocycles. The maximum atomic E-state index is 11.2. The molecule has 0 unspecified atom stereocenters. The van der Waals surface area contributed by atoms with Crippen molar-refractivity contribution in [1.29, 1.82) is 0 Å². The molecule has 0 saturated carbocycles. The van der Waals surface area contributed by atoms with E-state index in [0.717, 1.165) is 0 Å². The molecule has 0 fully saturated rings. The number of aromatic nitrogens is 3. The third-order valence-electron chi connectivity index (χ3n) is 1.39. The van der Waals surface area contributed by atoms with Gasteiger partial charge < -0.3 is 4.74 Å². The van der Waals surface area contributed by atoms with Gasteiger partial charge in [-0.15, -0.1) is 0 Å². The maximum Gasteiger partial charge on any atom is 0.421 e. The lowest BCUT2D eigenvalue weighted by Crippen LogP contribution is -2.40. The minimum atomic E-state index is -3.94. The number of hydrogen-bond donors (Lipinski definition) is 3. The van der Waals surface area contributed by atoms with Gasteiger partial charge in [0, 0.05) is 0 Å². The fraction of sp³-hybridized carbons (Fsp3) is 0.500. The molecule has 10 heteroatoms. The van der Waals surface area contributed by atoms with Crippen LogP contribution in [0.3, 0.4) is 0 Å². The van der Waals surface area contributed by atoms with Crippen molar-refractivity contribution in [3.8, 4) is 0 Å². The molecule has 0 radical (unpaired) electrons. The summed E-state index contributed by atoms with van der Waals surface area (Å²) in [4.78, 5) is 14.5. The van der Waals surface area contributed by atoms with Crippen LogP contribution in [0.15, 0.2) is 6.33 Å². The number of aromatic amines is 1. The molecule has 0 spiro atoms. The molecule has 3 N–H and O–H groups in total. The molecule has 16 heavy (non-hydrogen) atoms. The number of ether oxygens (including phenoxy) is 1. The molecule has 0 saturated heterocycles. The Bertz CT molecular complexity index is 428. The van der Waals surface area contributed by atoms with E-state index >= 15 is 0 Å². The van der Waals surface area contributed by atoms with Crippen molar-refractivity contribution in [2.75, 3.05) is 6.61 Å². The lowest BCUT2D eigenvalue weighted by atomic mass is 10.6. The molecule has 1 amide bonds. The van der Waals surface area contributed by atoms with Crippen molar-refractivity contribution in [3.05, 3.63) is 12.2 Å². The van der Waals surface area contributed by atoms with E-state index in [2.05, 4.69) is 24.6 Å². The number of hydrogen-bond acceptors (Lipinski definition) is 6. The van der Waals surface area contributed by atoms with Gasteiger partial charge in [-0.1, -0.05) is 0 Å². The second kappa shape index (κ2) is 5.42. The molecule has 0 aliphatic heterocycles. The highest BCUT2D eigenvalue weighted by Crippen LogP contribution is 1.87. The summed E-state index contributed by atoms with van der Waals surface area (Å²) < 4.78 is 30.6. The third kappa shape index (κ3) is 4.23. The molecule has 0 aliphatic rings. The van der Waals surface area contributed by atoms with E-state index in [9.17, 15) is 13.2 Å². The van der Waals surface area contributed by atoms with E-state index < -0.39 is 16.3 Å². The summed E-state index contributed by atoms with van der Waals surface area (Å²) in [5.74, 6) is 0.328. The molecule has 0 atom stereocenters. The number of H-pyrrole nitrogens is 1. The van der Waals surface area contributed by atoms with Crippen molar-refractivity contribution in [2.45, 2.75) is 13.5 Å². The average molecular weight is 249 g/mol. The van der Waals surface area contributed by atoms with Crippen LogP contribution in [0, 0.1) is 0 Å². The molecule has 1 rings (SSSR count). The van der Waals surface area contributed by atoms with Crippen molar-refractivity contribution in [2.24, 2.45) is 0 Å². The minimum absolute atomic E-state index is 0.0868. The molecule has 0 aromatic carbocycles. The van der Waals surface area contributed by atoms with Gasteiger partial charge in [0.15, 0.2) is 0 Å². The van der Waals surface area contributed by atoms with Gasteiger partial charge in [-0.25, -0.2) is 14.5 Å². The number of rotatable bonds is 5. The molecular formula is C6H11N5O4S. The summed E-state index contributed by atoms with van der Waals surface area (Å²) in [6, 6.07) is 0. The van der Waals surface area contributed by atoms with Crippen molar-refractivity contribution in [1.82, 2.24) is 24.6 Å².